The maximum Gasteiger partial charge on any atom is 0.228 e. The number of carbonyl (C=O) groups is 1. The van der Waals surface area contributed by atoms with Crippen LogP contribution in [0.3, 0.4) is 0 Å². The Morgan fingerprint density at radius 1 is 1.37 bits per heavy atom. The van der Waals surface area contributed by atoms with E-state index in [9.17, 15) is 13.2 Å². The molecule has 1 heterocycles. The van der Waals surface area contributed by atoms with Crippen molar-refractivity contribution in [3.8, 4) is 0 Å². The average molecular weight is 284 g/mol. The van der Waals surface area contributed by atoms with Gasteiger partial charge >= 0.3 is 0 Å². The molecule has 6 nitrogen and oxygen atoms in total. The number of para-hydroxylation sites is 1. The zero-order valence-electron chi connectivity index (χ0n) is 10.3. The predicted molar refractivity (Wildman–Crippen MR) is 71.1 cm³/mol. The van der Waals surface area contributed by atoms with E-state index in [0.29, 0.717) is 12.1 Å². The summed E-state index contributed by atoms with van der Waals surface area (Å²) in [6, 6.07) is 7.14. The van der Waals surface area contributed by atoms with Gasteiger partial charge < -0.3 is 10.0 Å². The molecule has 19 heavy (non-hydrogen) atoms. The summed E-state index contributed by atoms with van der Waals surface area (Å²) in [6.45, 7) is 0.0395. The Kier molecular flexibility index (Phi) is 3.88. The predicted octanol–water partition coefficient (Wildman–Crippen LogP) is -0.385. The normalized spacial score (nSPS) is 20.0. The summed E-state index contributed by atoms with van der Waals surface area (Å²) >= 11 is 0. The van der Waals surface area contributed by atoms with E-state index >= 15 is 0 Å². The number of nitrogens with two attached hydrogens (primary N) is 1. The number of hydrogen-bond donors (Lipinski definition) is 2. The Hall–Kier alpha value is -1.44. The zero-order valence-corrected chi connectivity index (χ0v) is 11.1. The lowest BCUT2D eigenvalue weighted by molar-refractivity contribution is -0.117. The Morgan fingerprint density at radius 2 is 2.05 bits per heavy atom. The average Bonchev–Trinajstić information content (AvgIpc) is 2.72. The van der Waals surface area contributed by atoms with Gasteiger partial charge in [-0.2, -0.15) is 0 Å². The number of nitrogens with zero attached hydrogens (tertiary/aromatic N) is 1. The molecule has 0 spiro atoms. The molecule has 1 aliphatic rings. The summed E-state index contributed by atoms with van der Waals surface area (Å²) in [5.74, 6) is -0.260. The van der Waals surface area contributed by atoms with Crippen LogP contribution in [-0.2, 0) is 21.2 Å². The first-order chi connectivity index (χ1) is 8.93. The number of carbonyl (C=O) groups excluding carboxylic acids is 1. The molecule has 0 aromatic heterocycles. The second-order valence-electron chi connectivity index (χ2n) is 4.52. The molecule has 1 unspecified atom stereocenters. The number of hydrogen-bond acceptors (Lipinski definition) is 4. The van der Waals surface area contributed by atoms with Crippen molar-refractivity contribution in [2.24, 2.45) is 5.14 Å². The maximum atomic E-state index is 11.9. The SMILES string of the molecule is NS(=O)(=O)C1CC(=O)N(c2ccccc2CCO)C1. The standard InChI is InChI=1S/C12H16N2O4S/c13-19(17,18)10-7-12(16)14(8-10)11-4-2-1-3-9(11)5-6-15/h1-4,10,15H,5-8H2,(H2,13,17,18). The summed E-state index contributed by atoms with van der Waals surface area (Å²) < 4.78 is 22.7. The van der Waals surface area contributed by atoms with Crippen molar-refractivity contribution < 1.29 is 18.3 Å². The summed E-state index contributed by atoms with van der Waals surface area (Å²) in [5, 5.41) is 13.2. The third-order valence-electron chi connectivity index (χ3n) is 3.22. The molecule has 1 aromatic carbocycles. The quantitative estimate of drug-likeness (QED) is 0.786. The molecular formula is C12H16N2O4S. The number of amides is 1. The van der Waals surface area contributed by atoms with Crippen LogP contribution in [0.25, 0.3) is 0 Å². The second kappa shape index (κ2) is 5.28. The molecule has 0 aliphatic carbocycles. The monoisotopic (exact) mass is 284 g/mol. The first-order valence-corrected chi connectivity index (χ1v) is 7.55. The fourth-order valence-electron chi connectivity index (χ4n) is 2.23. The number of aliphatic hydroxyl groups is 1. The van der Waals surface area contributed by atoms with Crippen LogP contribution in [0.15, 0.2) is 24.3 Å². The summed E-state index contributed by atoms with van der Waals surface area (Å²) in [4.78, 5) is 13.4. The molecule has 1 atom stereocenters. The van der Waals surface area contributed by atoms with E-state index in [0.717, 1.165) is 5.56 Å². The van der Waals surface area contributed by atoms with Crippen LogP contribution in [0.4, 0.5) is 5.69 Å². The molecule has 1 aromatic rings. The molecule has 0 radical (unpaired) electrons. The molecule has 1 aliphatic heterocycles. The Bertz CT molecular complexity index is 585. The van der Waals surface area contributed by atoms with Crippen molar-refractivity contribution in [2.75, 3.05) is 18.1 Å². The number of sulfonamides is 1. The van der Waals surface area contributed by atoms with Gasteiger partial charge in [0.25, 0.3) is 0 Å². The van der Waals surface area contributed by atoms with E-state index in [2.05, 4.69) is 0 Å². The Labute approximate surface area is 111 Å². The number of primary sulfonamides is 1. The van der Waals surface area contributed by atoms with Crippen LogP contribution in [-0.4, -0.2) is 37.8 Å². The van der Waals surface area contributed by atoms with Crippen LogP contribution >= 0.6 is 0 Å². The van der Waals surface area contributed by atoms with E-state index in [-0.39, 0.29) is 25.5 Å². The first-order valence-electron chi connectivity index (χ1n) is 5.94. The van der Waals surface area contributed by atoms with Gasteiger partial charge in [-0.05, 0) is 18.1 Å². The third kappa shape index (κ3) is 2.94. The molecule has 0 bridgehead atoms. The highest BCUT2D eigenvalue weighted by atomic mass is 32.2. The van der Waals surface area contributed by atoms with Crippen LogP contribution in [0.5, 0.6) is 0 Å². The van der Waals surface area contributed by atoms with Gasteiger partial charge in [-0.25, -0.2) is 13.6 Å². The van der Waals surface area contributed by atoms with Crippen molar-refractivity contribution in [3.63, 3.8) is 0 Å². The van der Waals surface area contributed by atoms with Crippen LogP contribution in [0.1, 0.15) is 12.0 Å². The molecule has 1 saturated heterocycles. The van der Waals surface area contributed by atoms with E-state index in [1.807, 2.05) is 12.1 Å². The van der Waals surface area contributed by atoms with Gasteiger partial charge in [0, 0.05) is 25.3 Å². The first kappa shape index (κ1) is 14.0. The van der Waals surface area contributed by atoms with Gasteiger partial charge in [-0.15, -0.1) is 0 Å². The molecule has 1 fully saturated rings. The highest BCUT2D eigenvalue weighted by Gasteiger charge is 2.37. The topological polar surface area (TPSA) is 101 Å². The minimum Gasteiger partial charge on any atom is -0.396 e. The third-order valence-corrected chi connectivity index (χ3v) is 4.46. The molecule has 0 saturated carbocycles. The summed E-state index contributed by atoms with van der Waals surface area (Å²) in [5.41, 5.74) is 1.46. The van der Waals surface area contributed by atoms with E-state index in [1.54, 1.807) is 12.1 Å². The number of aliphatic hydroxyl groups excluding tert-OH is 1. The van der Waals surface area contributed by atoms with E-state index in [4.69, 9.17) is 10.2 Å². The minimum absolute atomic E-state index is 0.0301. The van der Waals surface area contributed by atoms with Gasteiger partial charge in [0.1, 0.15) is 5.25 Å². The fourth-order valence-corrected chi connectivity index (χ4v) is 2.97. The molecule has 3 N–H and O–H groups in total. The lowest BCUT2D eigenvalue weighted by Gasteiger charge is -2.19. The number of benzene rings is 1. The molecule has 7 heteroatoms. The smallest absolute Gasteiger partial charge is 0.228 e. The molecule has 104 valence electrons. The van der Waals surface area contributed by atoms with Gasteiger partial charge in [0.15, 0.2) is 0 Å². The largest absolute Gasteiger partial charge is 0.396 e. The van der Waals surface area contributed by atoms with E-state index in [1.165, 1.54) is 4.90 Å². The summed E-state index contributed by atoms with van der Waals surface area (Å²) in [7, 11) is -3.71. The molecule has 1 amide bonds. The lowest BCUT2D eigenvalue weighted by atomic mass is 10.1. The van der Waals surface area contributed by atoms with Crippen LogP contribution < -0.4 is 10.0 Å². The highest BCUT2D eigenvalue weighted by molar-refractivity contribution is 7.89. The fraction of sp³-hybridized carbons (Fsp3) is 0.417. The zero-order chi connectivity index (χ0) is 14.0. The van der Waals surface area contributed by atoms with Crippen molar-refractivity contribution in [1.29, 1.82) is 0 Å². The molecular weight excluding hydrogens is 268 g/mol. The van der Waals surface area contributed by atoms with Gasteiger partial charge in [0.2, 0.25) is 15.9 Å². The van der Waals surface area contributed by atoms with Crippen molar-refractivity contribution in [2.45, 2.75) is 18.1 Å². The Balaban J connectivity index is 2.31. The second-order valence-corrected chi connectivity index (χ2v) is 6.37. The van der Waals surface area contributed by atoms with E-state index < -0.39 is 15.3 Å². The van der Waals surface area contributed by atoms with Gasteiger partial charge in [0.05, 0.1) is 0 Å². The van der Waals surface area contributed by atoms with Crippen molar-refractivity contribution in [3.05, 3.63) is 29.8 Å². The number of rotatable bonds is 4. The lowest BCUT2D eigenvalue weighted by Crippen LogP contribution is -2.32. The van der Waals surface area contributed by atoms with Gasteiger partial charge in [-0.3, -0.25) is 4.79 Å². The van der Waals surface area contributed by atoms with Crippen molar-refractivity contribution >= 4 is 21.6 Å². The van der Waals surface area contributed by atoms with Crippen molar-refractivity contribution in [1.82, 2.24) is 0 Å². The van der Waals surface area contributed by atoms with Crippen LogP contribution in [0.2, 0.25) is 0 Å². The number of anilines is 1. The summed E-state index contributed by atoms with van der Waals surface area (Å²) in [6.07, 6.45) is 0.326. The Morgan fingerprint density at radius 3 is 2.63 bits per heavy atom. The van der Waals surface area contributed by atoms with Crippen LogP contribution in [0, 0.1) is 0 Å². The maximum absolute atomic E-state index is 11.9. The minimum atomic E-state index is -3.71. The van der Waals surface area contributed by atoms with Gasteiger partial charge in [-0.1, -0.05) is 18.2 Å². The highest BCUT2D eigenvalue weighted by Crippen LogP contribution is 2.27. The molecule has 2 rings (SSSR count).